The van der Waals surface area contributed by atoms with Gasteiger partial charge in [0.15, 0.2) is 0 Å². The van der Waals surface area contributed by atoms with E-state index in [1.807, 2.05) is 42.5 Å². The fraction of sp³-hybridized carbons (Fsp3) is 0.350. The molecule has 0 bridgehead atoms. The Hall–Kier alpha value is -2.13. The normalized spacial score (nSPS) is 17.6. The standard InChI is InChI=1S/C20H23NO2/c1-23-20-10-6-5-9-18(20)16-11-13-21(14-12-16)19(15-22)17-7-3-2-4-8-17/h2-10,15-16,19H,11-14H2,1H3/t19-/m1/s1. The van der Waals surface area contributed by atoms with Crippen LogP contribution in [0, 0.1) is 0 Å². The number of piperidine rings is 1. The summed E-state index contributed by atoms with van der Waals surface area (Å²) in [4.78, 5) is 13.9. The first-order valence-electron chi connectivity index (χ1n) is 8.20. The molecule has 0 radical (unpaired) electrons. The van der Waals surface area contributed by atoms with Crippen molar-refractivity contribution in [2.75, 3.05) is 20.2 Å². The molecule has 1 aliphatic rings. The Bertz CT molecular complexity index is 633. The predicted molar refractivity (Wildman–Crippen MR) is 91.8 cm³/mol. The van der Waals surface area contributed by atoms with E-state index >= 15 is 0 Å². The second-order valence-electron chi connectivity index (χ2n) is 6.04. The molecule has 1 saturated heterocycles. The summed E-state index contributed by atoms with van der Waals surface area (Å²) in [5.74, 6) is 1.48. The van der Waals surface area contributed by atoms with Gasteiger partial charge in [-0.25, -0.2) is 0 Å². The molecular weight excluding hydrogens is 286 g/mol. The molecule has 0 aliphatic carbocycles. The Balaban J connectivity index is 1.69. The van der Waals surface area contributed by atoms with Crippen LogP contribution in [-0.2, 0) is 4.79 Å². The fourth-order valence-electron chi connectivity index (χ4n) is 3.52. The van der Waals surface area contributed by atoms with Crippen molar-refractivity contribution in [2.45, 2.75) is 24.8 Å². The van der Waals surface area contributed by atoms with Crippen molar-refractivity contribution in [2.24, 2.45) is 0 Å². The van der Waals surface area contributed by atoms with E-state index in [9.17, 15) is 4.79 Å². The lowest BCUT2D eigenvalue weighted by atomic mass is 9.88. The Labute approximate surface area is 137 Å². The van der Waals surface area contributed by atoms with Gasteiger partial charge < -0.3 is 9.53 Å². The van der Waals surface area contributed by atoms with Crippen molar-refractivity contribution in [1.82, 2.24) is 4.90 Å². The van der Waals surface area contributed by atoms with Gasteiger partial charge in [-0.05, 0) is 49.0 Å². The Morgan fingerprint density at radius 1 is 1.04 bits per heavy atom. The number of hydrogen-bond donors (Lipinski definition) is 0. The lowest BCUT2D eigenvalue weighted by Gasteiger charge is -2.36. The fourth-order valence-corrected chi connectivity index (χ4v) is 3.52. The van der Waals surface area contributed by atoms with Crippen LogP contribution in [0.25, 0.3) is 0 Å². The van der Waals surface area contributed by atoms with Crippen molar-refractivity contribution in [3.63, 3.8) is 0 Å². The summed E-state index contributed by atoms with van der Waals surface area (Å²) in [5.41, 5.74) is 2.37. The summed E-state index contributed by atoms with van der Waals surface area (Å²) < 4.78 is 5.49. The number of ether oxygens (including phenoxy) is 1. The monoisotopic (exact) mass is 309 g/mol. The molecule has 0 N–H and O–H groups in total. The van der Waals surface area contributed by atoms with E-state index in [-0.39, 0.29) is 6.04 Å². The molecule has 23 heavy (non-hydrogen) atoms. The van der Waals surface area contributed by atoms with Gasteiger partial charge in [0, 0.05) is 0 Å². The summed E-state index contributed by atoms with van der Waals surface area (Å²) in [6.45, 7) is 1.86. The van der Waals surface area contributed by atoms with Gasteiger partial charge in [0.05, 0.1) is 13.2 Å². The number of benzene rings is 2. The number of para-hydroxylation sites is 1. The number of carbonyl (C=O) groups is 1. The van der Waals surface area contributed by atoms with E-state index in [2.05, 4.69) is 17.0 Å². The zero-order valence-corrected chi connectivity index (χ0v) is 13.5. The summed E-state index contributed by atoms with van der Waals surface area (Å²) >= 11 is 0. The third-order valence-electron chi connectivity index (χ3n) is 4.77. The highest BCUT2D eigenvalue weighted by Gasteiger charge is 2.27. The molecule has 0 saturated carbocycles. The van der Waals surface area contributed by atoms with Gasteiger partial charge in [0.2, 0.25) is 0 Å². The Kier molecular flexibility index (Phi) is 5.09. The third-order valence-corrected chi connectivity index (χ3v) is 4.77. The van der Waals surface area contributed by atoms with Crippen molar-refractivity contribution in [1.29, 1.82) is 0 Å². The molecule has 1 aliphatic heterocycles. The lowest BCUT2D eigenvalue weighted by molar-refractivity contribution is -0.113. The molecule has 0 unspecified atom stereocenters. The van der Waals surface area contributed by atoms with E-state index < -0.39 is 0 Å². The van der Waals surface area contributed by atoms with E-state index in [0.717, 1.165) is 43.5 Å². The number of rotatable bonds is 5. The molecule has 3 nitrogen and oxygen atoms in total. The average Bonchev–Trinajstić information content (AvgIpc) is 2.64. The highest BCUT2D eigenvalue weighted by atomic mass is 16.5. The number of methoxy groups -OCH3 is 1. The Morgan fingerprint density at radius 2 is 1.70 bits per heavy atom. The van der Waals surface area contributed by atoms with E-state index in [1.54, 1.807) is 7.11 Å². The van der Waals surface area contributed by atoms with E-state index in [1.165, 1.54) is 5.56 Å². The van der Waals surface area contributed by atoms with E-state index in [4.69, 9.17) is 4.74 Å². The number of hydrogen-bond acceptors (Lipinski definition) is 3. The van der Waals surface area contributed by atoms with Crippen LogP contribution in [-0.4, -0.2) is 31.4 Å². The topological polar surface area (TPSA) is 29.5 Å². The maximum absolute atomic E-state index is 11.6. The quantitative estimate of drug-likeness (QED) is 0.787. The van der Waals surface area contributed by atoms with Crippen molar-refractivity contribution >= 4 is 6.29 Å². The molecule has 1 heterocycles. The largest absolute Gasteiger partial charge is 0.496 e. The van der Waals surface area contributed by atoms with Gasteiger partial charge >= 0.3 is 0 Å². The first kappa shape index (κ1) is 15.8. The van der Waals surface area contributed by atoms with Crippen LogP contribution in [0.2, 0.25) is 0 Å². The van der Waals surface area contributed by atoms with Crippen LogP contribution < -0.4 is 4.74 Å². The molecule has 2 aromatic rings. The molecule has 120 valence electrons. The molecule has 0 amide bonds. The number of aldehydes is 1. The van der Waals surface area contributed by atoms with Crippen LogP contribution >= 0.6 is 0 Å². The zero-order chi connectivity index (χ0) is 16.1. The third kappa shape index (κ3) is 3.45. The number of likely N-dealkylation sites (tertiary alicyclic amines) is 1. The molecule has 3 rings (SSSR count). The maximum Gasteiger partial charge on any atom is 0.141 e. The number of nitrogens with zero attached hydrogens (tertiary/aromatic N) is 1. The molecule has 1 fully saturated rings. The minimum Gasteiger partial charge on any atom is -0.496 e. The van der Waals surface area contributed by atoms with Gasteiger partial charge in [0.1, 0.15) is 12.0 Å². The maximum atomic E-state index is 11.6. The van der Waals surface area contributed by atoms with E-state index in [0.29, 0.717) is 5.92 Å². The summed E-state index contributed by atoms with van der Waals surface area (Å²) in [6, 6.07) is 18.2. The van der Waals surface area contributed by atoms with Gasteiger partial charge in [0.25, 0.3) is 0 Å². The first-order valence-corrected chi connectivity index (χ1v) is 8.20. The SMILES string of the molecule is COc1ccccc1C1CCN([C@H](C=O)c2ccccc2)CC1. The smallest absolute Gasteiger partial charge is 0.141 e. The van der Waals surface area contributed by atoms with Crippen LogP contribution in [0.4, 0.5) is 0 Å². The average molecular weight is 309 g/mol. The highest BCUT2D eigenvalue weighted by molar-refractivity contribution is 5.61. The summed E-state index contributed by atoms with van der Waals surface area (Å²) in [5, 5.41) is 0. The Morgan fingerprint density at radius 3 is 2.35 bits per heavy atom. The molecule has 0 spiro atoms. The van der Waals surface area contributed by atoms with Crippen molar-refractivity contribution in [3.8, 4) is 5.75 Å². The lowest BCUT2D eigenvalue weighted by Crippen LogP contribution is -2.37. The molecular formula is C20H23NO2. The minimum absolute atomic E-state index is 0.130. The van der Waals surface area contributed by atoms with Crippen LogP contribution in [0.1, 0.15) is 35.9 Å². The van der Waals surface area contributed by atoms with Gasteiger partial charge in [-0.3, -0.25) is 4.90 Å². The zero-order valence-electron chi connectivity index (χ0n) is 13.5. The predicted octanol–water partition coefficient (Wildman–Crippen LogP) is 3.81. The molecule has 0 aromatic heterocycles. The van der Waals surface area contributed by atoms with Crippen molar-refractivity contribution in [3.05, 3.63) is 65.7 Å². The van der Waals surface area contributed by atoms with Gasteiger partial charge in [-0.1, -0.05) is 48.5 Å². The second-order valence-corrected chi connectivity index (χ2v) is 6.04. The van der Waals surface area contributed by atoms with Crippen LogP contribution in [0.5, 0.6) is 5.75 Å². The van der Waals surface area contributed by atoms with Gasteiger partial charge in [-0.2, -0.15) is 0 Å². The minimum atomic E-state index is -0.130. The first-order chi connectivity index (χ1) is 11.3. The molecule has 2 aromatic carbocycles. The molecule has 3 heteroatoms. The summed E-state index contributed by atoms with van der Waals surface area (Å²) in [7, 11) is 1.73. The van der Waals surface area contributed by atoms with Gasteiger partial charge in [-0.15, -0.1) is 0 Å². The van der Waals surface area contributed by atoms with Crippen LogP contribution in [0.15, 0.2) is 54.6 Å². The van der Waals surface area contributed by atoms with Crippen molar-refractivity contribution < 1.29 is 9.53 Å². The second kappa shape index (κ2) is 7.42. The molecule has 1 atom stereocenters. The highest BCUT2D eigenvalue weighted by Crippen LogP contribution is 2.35. The summed E-state index contributed by atoms with van der Waals surface area (Å²) in [6.07, 6.45) is 3.17. The van der Waals surface area contributed by atoms with Crippen LogP contribution in [0.3, 0.4) is 0 Å². The number of carbonyl (C=O) groups excluding carboxylic acids is 1.